The smallest absolute Gasteiger partial charge is 0.0985 e. The van der Waals surface area contributed by atoms with Gasteiger partial charge in [-0.25, -0.2) is 0 Å². The second-order valence-corrected chi connectivity index (χ2v) is 2.69. The second kappa shape index (κ2) is 4.87. The van der Waals surface area contributed by atoms with E-state index in [4.69, 9.17) is 5.11 Å². The van der Waals surface area contributed by atoms with E-state index >= 15 is 0 Å². The van der Waals surface area contributed by atoms with E-state index in [0.29, 0.717) is 5.57 Å². The Balaban J connectivity index is 4.08. The molecule has 0 aliphatic heterocycles. The molecule has 0 rings (SSSR count). The summed E-state index contributed by atoms with van der Waals surface area (Å²) in [6.45, 7) is 5.12. The van der Waals surface area contributed by atoms with Crippen molar-refractivity contribution < 1.29 is 10.2 Å². The molecule has 0 amide bonds. The van der Waals surface area contributed by atoms with Crippen LogP contribution in [0.4, 0.5) is 0 Å². The fraction of sp³-hybridized carbons (Fsp3) is 0.429. The molecule has 0 spiro atoms. The van der Waals surface area contributed by atoms with Crippen molar-refractivity contribution in [3.05, 3.63) is 21.8 Å². The van der Waals surface area contributed by atoms with Crippen molar-refractivity contribution in [2.24, 2.45) is 0 Å². The number of aliphatic hydroxyl groups excluding tert-OH is 2. The minimum atomic E-state index is -0.693. The average Bonchev–Trinajstić information content (AvgIpc) is 2.00. The molecule has 3 heteroatoms. The topological polar surface area (TPSA) is 40.5 Å². The summed E-state index contributed by atoms with van der Waals surface area (Å²) in [6, 6.07) is 0. The highest BCUT2D eigenvalue weighted by atomic mass is 127. The maximum atomic E-state index is 9.25. The molecule has 0 aliphatic rings. The Kier molecular flexibility index (Phi) is 4.93. The van der Waals surface area contributed by atoms with E-state index in [1.807, 2.05) is 22.6 Å². The molecule has 0 aliphatic carbocycles. The first-order chi connectivity index (χ1) is 4.63. The predicted molar refractivity (Wildman–Crippen MR) is 50.0 cm³/mol. The van der Waals surface area contributed by atoms with Crippen LogP contribution >= 0.6 is 22.6 Å². The minimum absolute atomic E-state index is 0.164. The third-order valence-corrected chi connectivity index (χ3v) is 2.18. The summed E-state index contributed by atoms with van der Waals surface area (Å²) < 4.78 is 1.77. The van der Waals surface area contributed by atoms with Crippen LogP contribution in [0.2, 0.25) is 0 Å². The lowest BCUT2D eigenvalue weighted by Gasteiger charge is -2.10. The molecule has 0 radical (unpaired) electrons. The van der Waals surface area contributed by atoms with E-state index in [1.54, 1.807) is 11.0 Å². The highest BCUT2D eigenvalue weighted by Crippen LogP contribution is 2.10. The number of halogens is 1. The molecule has 10 heavy (non-hydrogen) atoms. The molecule has 0 heterocycles. The van der Waals surface area contributed by atoms with Gasteiger partial charge in [0.15, 0.2) is 0 Å². The summed E-state index contributed by atoms with van der Waals surface area (Å²) in [7, 11) is 0. The van der Waals surface area contributed by atoms with Crippen LogP contribution in [0.5, 0.6) is 0 Å². The Hall–Kier alpha value is 0.130. The van der Waals surface area contributed by atoms with Gasteiger partial charge in [-0.2, -0.15) is 0 Å². The summed E-state index contributed by atoms with van der Waals surface area (Å²) in [5.41, 5.74) is 1.24. The van der Waals surface area contributed by atoms with Gasteiger partial charge in [0, 0.05) is 0 Å². The SMILES string of the molecule is C=C(CO)C(O)/C(C)=C/I. The van der Waals surface area contributed by atoms with Crippen LogP contribution in [0, 0.1) is 0 Å². The van der Waals surface area contributed by atoms with Crippen molar-refractivity contribution in [3.63, 3.8) is 0 Å². The van der Waals surface area contributed by atoms with Crippen LogP contribution < -0.4 is 0 Å². The molecule has 1 unspecified atom stereocenters. The zero-order valence-corrected chi connectivity index (χ0v) is 8.00. The first-order valence-electron chi connectivity index (χ1n) is 2.87. The second-order valence-electron chi connectivity index (χ2n) is 2.07. The lowest BCUT2D eigenvalue weighted by Crippen LogP contribution is -2.13. The maximum Gasteiger partial charge on any atom is 0.0985 e. The number of hydrogen-bond acceptors (Lipinski definition) is 2. The summed E-state index contributed by atoms with van der Waals surface area (Å²) >= 11 is 2.03. The average molecular weight is 254 g/mol. The van der Waals surface area contributed by atoms with E-state index in [-0.39, 0.29) is 6.61 Å². The largest absolute Gasteiger partial charge is 0.392 e. The van der Waals surface area contributed by atoms with Gasteiger partial charge in [0.1, 0.15) is 0 Å². The molecule has 58 valence electrons. The standard InChI is InChI=1S/C7H11IO2/c1-5(3-8)7(10)6(2)4-9/h3,7,9-10H,2,4H2,1H3/b5-3+. The molecule has 2 nitrogen and oxygen atoms in total. The zero-order valence-electron chi connectivity index (χ0n) is 5.84. The van der Waals surface area contributed by atoms with Crippen molar-refractivity contribution in [3.8, 4) is 0 Å². The van der Waals surface area contributed by atoms with Crippen LogP contribution in [0.1, 0.15) is 6.92 Å². The van der Waals surface area contributed by atoms with Gasteiger partial charge in [-0.15, -0.1) is 0 Å². The summed E-state index contributed by atoms with van der Waals surface area (Å²) in [5.74, 6) is 0. The van der Waals surface area contributed by atoms with Gasteiger partial charge in [0.05, 0.1) is 12.7 Å². The van der Waals surface area contributed by atoms with Gasteiger partial charge in [-0.1, -0.05) is 29.2 Å². The number of hydrogen-bond donors (Lipinski definition) is 2. The van der Waals surface area contributed by atoms with Crippen LogP contribution in [-0.4, -0.2) is 22.9 Å². The molecule has 0 aromatic carbocycles. The lowest BCUT2D eigenvalue weighted by atomic mass is 10.1. The number of rotatable bonds is 3. The van der Waals surface area contributed by atoms with Crippen molar-refractivity contribution in [2.75, 3.05) is 6.61 Å². The Morgan fingerprint density at radius 2 is 2.30 bits per heavy atom. The van der Waals surface area contributed by atoms with Gasteiger partial charge in [-0.05, 0) is 22.2 Å². The fourth-order valence-corrected chi connectivity index (χ4v) is 0.809. The molecule has 0 aromatic rings. The van der Waals surface area contributed by atoms with Gasteiger partial charge in [0.25, 0.3) is 0 Å². The molecular weight excluding hydrogens is 243 g/mol. The number of aliphatic hydroxyl groups is 2. The Bertz CT molecular complexity index is 152. The first-order valence-corrected chi connectivity index (χ1v) is 4.11. The molecular formula is C7H11IO2. The van der Waals surface area contributed by atoms with Crippen LogP contribution in [0.3, 0.4) is 0 Å². The zero-order chi connectivity index (χ0) is 8.15. The van der Waals surface area contributed by atoms with E-state index < -0.39 is 6.10 Å². The minimum Gasteiger partial charge on any atom is -0.392 e. The Morgan fingerprint density at radius 3 is 2.60 bits per heavy atom. The van der Waals surface area contributed by atoms with Crippen molar-refractivity contribution in [1.82, 2.24) is 0 Å². The fourth-order valence-electron chi connectivity index (χ4n) is 0.468. The van der Waals surface area contributed by atoms with E-state index in [9.17, 15) is 5.11 Å². The summed E-state index contributed by atoms with van der Waals surface area (Å²) in [4.78, 5) is 0. The summed E-state index contributed by atoms with van der Waals surface area (Å²) in [5, 5.41) is 17.8. The Morgan fingerprint density at radius 1 is 1.80 bits per heavy atom. The third-order valence-electron chi connectivity index (χ3n) is 1.19. The van der Waals surface area contributed by atoms with Crippen LogP contribution in [-0.2, 0) is 0 Å². The highest BCUT2D eigenvalue weighted by Gasteiger charge is 2.08. The van der Waals surface area contributed by atoms with Gasteiger partial charge in [0.2, 0.25) is 0 Å². The van der Waals surface area contributed by atoms with Crippen LogP contribution in [0.15, 0.2) is 21.8 Å². The first kappa shape index (κ1) is 10.1. The highest BCUT2D eigenvalue weighted by molar-refractivity contribution is 14.1. The van der Waals surface area contributed by atoms with Crippen molar-refractivity contribution in [2.45, 2.75) is 13.0 Å². The molecule has 0 bridgehead atoms. The van der Waals surface area contributed by atoms with Gasteiger partial charge in [-0.3, -0.25) is 0 Å². The summed E-state index contributed by atoms with van der Waals surface area (Å²) in [6.07, 6.45) is -0.693. The van der Waals surface area contributed by atoms with E-state index in [2.05, 4.69) is 6.58 Å². The molecule has 0 aromatic heterocycles. The lowest BCUT2D eigenvalue weighted by molar-refractivity contribution is 0.218. The van der Waals surface area contributed by atoms with Gasteiger partial charge >= 0.3 is 0 Å². The van der Waals surface area contributed by atoms with E-state index in [1.165, 1.54) is 0 Å². The molecule has 1 atom stereocenters. The normalized spacial score (nSPS) is 15.0. The maximum absolute atomic E-state index is 9.25. The quantitative estimate of drug-likeness (QED) is 0.587. The Labute approximate surface area is 74.4 Å². The van der Waals surface area contributed by atoms with Crippen molar-refractivity contribution >= 4 is 22.6 Å². The van der Waals surface area contributed by atoms with Crippen LogP contribution in [0.25, 0.3) is 0 Å². The molecule has 0 saturated carbocycles. The van der Waals surface area contributed by atoms with E-state index in [0.717, 1.165) is 5.57 Å². The van der Waals surface area contributed by atoms with Crippen molar-refractivity contribution in [1.29, 1.82) is 0 Å². The molecule has 2 N–H and O–H groups in total. The monoisotopic (exact) mass is 254 g/mol. The third kappa shape index (κ3) is 2.81. The molecule has 0 saturated heterocycles. The van der Waals surface area contributed by atoms with Gasteiger partial charge < -0.3 is 10.2 Å². The molecule has 0 fully saturated rings. The predicted octanol–water partition coefficient (Wildman–Crippen LogP) is 1.23.